The fraction of sp³-hybridized carbons (Fsp3) is 0.312. The number of benzene rings is 3. The van der Waals surface area contributed by atoms with Gasteiger partial charge in [0.2, 0.25) is 5.91 Å². The Bertz CT molecular complexity index is 1490. The number of rotatable bonds is 9. The van der Waals surface area contributed by atoms with E-state index in [1.807, 2.05) is 42.2 Å². The SMILES string of the molecule is Cc1ccc(-n2c(SCCCCC(=O)N3CCN(C(=O)c4ccccc4F)C(C)C3)nnc2-c2ccccc2)cc1. The van der Waals surface area contributed by atoms with Crippen molar-refractivity contribution in [2.75, 3.05) is 25.4 Å². The predicted molar refractivity (Wildman–Crippen MR) is 160 cm³/mol. The second-order valence-corrected chi connectivity index (χ2v) is 11.4. The average Bonchev–Trinajstić information content (AvgIpc) is 3.41. The fourth-order valence-corrected chi connectivity index (χ4v) is 5.99. The van der Waals surface area contributed by atoms with Crippen LogP contribution in [0.1, 0.15) is 42.1 Å². The first-order valence-corrected chi connectivity index (χ1v) is 14.9. The number of hydrogen-bond acceptors (Lipinski definition) is 5. The number of carbonyl (C=O) groups excluding carboxylic acids is 2. The molecule has 5 rings (SSSR count). The Balaban J connectivity index is 1.13. The molecule has 1 fully saturated rings. The van der Waals surface area contributed by atoms with Crippen LogP contribution in [-0.2, 0) is 4.79 Å². The highest BCUT2D eigenvalue weighted by molar-refractivity contribution is 7.99. The molecule has 41 heavy (non-hydrogen) atoms. The molecule has 0 bridgehead atoms. The Hall–Kier alpha value is -3.98. The molecule has 0 aliphatic carbocycles. The van der Waals surface area contributed by atoms with Crippen LogP contribution in [-0.4, -0.2) is 67.8 Å². The van der Waals surface area contributed by atoms with Crippen molar-refractivity contribution >= 4 is 23.6 Å². The highest BCUT2D eigenvalue weighted by Crippen LogP contribution is 2.29. The molecule has 0 radical (unpaired) electrons. The van der Waals surface area contributed by atoms with Crippen LogP contribution in [0.4, 0.5) is 4.39 Å². The van der Waals surface area contributed by atoms with E-state index in [1.54, 1.807) is 28.8 Å². The summed E-state index contributed by atoms with van der Waals surface area (Å²) in [5.41, 5.74) is 3.28. The number of thioether (sulfide) groups is 1. The molecule has 0 spiro atoms. The number of unbranched alkanes of at least 4 members (excludes halogenated alkanes) is 1. The highest BCUT2D eigenvalue weighted by atomic mass is 32.2. The van der Waals surface area contributed by atoms with Crippen molar-refractivity contribution in [1.29, 1.82) is 0 Å². The van der Waals surface area contributed by atoms with E-state index in [2.05, 4.69) is 46.0 Å². The van der Waals surface area contributed by atoms with Gasteiger partial charge in [-0.3, -0.25) is 14.2 Å². The van der Waals surface area contributed by atoms with Crippen molar-refractivity contribution in [2.45, 2.75) is 44.3 Å². The second-order valence-electron chi connectivity index (χ2n) is 10.3. The van der Waals surface area contributed by atoms with Crippen LogP contribution >= 0.6 is 11.8 Å². The van der Waals surface area contributed by atoms with Gasteiger partial charge in [-0.1, -0.05) is 71.9 Å². The molecule has 212 valence electrons. The van der Waals surface area contributed by atoms with Crippen LogP contribution in [0, 0.1) is 12.7 Å². The Morgan fingerprint density at radius 2 is 1.66 bits per heavy atom. The van der Waals surface area contributed by atoms with E-state index >= 15 is 0 Å². The fourth-order valence-electron chi connectivity index (χ4n) is 5.04. The summed E-state index contributed by atoms with van der Waals surface area (Å²) in [5.74, 6) is 0.860. The normalized spacial score (nSPS) is 15.2. The molecule has 1 aromatic heterocycles. The second kappa shape index (κ2) is 13.1. The summed E-state index contributed by atoms with van der Waals surface area (Å²) < 4.78 is 16.2. The topological polar surface area (TPSA) is 71.3 Å². The predicted octanol–water partition coefficient (Wildman–Crippen LogP) is 6.02. The molecule has 1 aliphatic rings. The Kier molecular flexibility index (Phi) is 9.14. The third-order valence-corrected chi connectivity index (χ3v) is 8.33. The minimum absolute atomic E-state index is 0.0747. The van der Waals surface area contributed by atoms with Crippen molar-refractivity contribution in [2.24, 2.45) is 0 Å². The summed E-state index contributed by atoms with van der Waals surface area (Å²) in [7, 11) is 0. The Morgan fingerprint density at radius 3 is 2.39 bits per heavy atom. The van der Waals surface area contributed by atoms with Gasteiger partial charge in [-0.05, 0) is 51.0 Å². The molecule has 0 saturated carbocycles. The lowest BCUT2D eigenvalue weighted by Gasteiger charge is -2.40. The van der Waals surface area contributed by atoms with Crippen LogP contribution in [0.15, 0.2) is 84.0 Å². The van der Waals surface area contributed by atoms with E-state index in [0.717, 1.165) is 40.8 Å². The van der Waals surface area contributed by atoms with E-state index in [-0.39, 0.29) is 23.4 Å². The summed E-state index contributed by atoms with van der Waals surface area (Å²) in [6, 6.07) is 24.2. The summed E-state index contributed by atoms with van der Waals surface area (Å²) in [6.45, 7) is 5.28. The molecule has 1 atom stereocenters. The number of piperazine rings is 1. The zero-order valence-corrected chi connectivity index (χ0v) is 24.2. The van der Waals surface area contributed by atoms with Crippen molar-refractivity contribution in [3.8, 4) is 17.1 Å². The zero-order chi connectivity index (χ0) is 28.8. The van der Waals surface area contributed by atoms with Gasteiger partial charge in [0.25, 0.3) is 5.91 Å². The van der Waals surface area contributed by atoms with Crippen molar-refractivity contribution in [3.63, 3.8) is 0 Å². The average molecular weight is 572 g/mol. The van der Waals surface area contributed by atoms with Crippen LogP contribution < -0.4 is 0 Å². The summed E-state index contributed by atoms with van der Waals surface area (Å²) in [6.07, 6.45) is 2.08. The molecule has 3 aromatic carbocycles. The van der Waals surface area contributed by atoms with Gasteiger partial charge in [0.1, 0.15) is 5.82 Å². The third-order valence-electron chi connectivity index (χ3n) is 7.32. The van der Waals surface area contributed by atoms with Gasteiger partial charge >= 0.3 is 0 Å². The number of nitrogens with zero attached hydrogens (tertiary/aromatic N) is 5. The molecule has 1 unspecified atom stereocenters. The number of hydrogen-bond donors (Lipinski definition) is 0. The van der Waals surface area contributed by atoms with E-state index in [9.17, 15) is 14.0 Å². The smallest absolute Gasteiger partial charge is 0.257 e. The molecule has 2 heterocycles. The summed E-state index contributed by atoms with van der Waals surface area (Å²) in [4.78, 5) is 29.3. The first kappa shape index (κ1) is 28.5. The molecule has 4 aromatic rings. The molecule has 0 N–H and O–H groups in total. The van der Waals surface area contributed by atoms with Gasteiger partial charge in [-0.25, -0.2) is 4.39 Å². The van der Waals surface area contributed by atoms with Crippen LogP contribution in [0.25, 0.3) is 17.1 Å². The minimum Gasteiger partial charge on any atom is -0.339 e. The van der Waals surface area contributed by atoms with Crippen molar-refractivity contribution in [1.82, 2.24) is 24.6 Å². The lowest BCUT2D eigenvalue weighted by atomic mass is 10.1. The molecule has 9 heteroatoms. The molecule has 2 amide bonds. The van der Waals surface area contributed by atoms with E-state index in [4.69, 9.17) is 0 Å². The minimum atomic E-state index is -0.519. The lowest BCUT2D eigenvalue weighted by molar-refractivity contribution is -0.133. The number of carbonyl (C=O) groups is 2. The molecule has 7 nitrogen and oxygen atoms in total. The summed E-state index contributed by atoms with van der Waals surface area (Å²) in [5, 5.41) is 9.83. The van der Waals surface area contributed by atoms with E-state index < -0.39 is 5.82 Å². The van der Waals surface area contributed by atoms with Crippen molar-refractivity contribution < 1.29 is 14.0 Å². The number of amides is 2. The maximum Gasteiger partial charge on any atom is 0.257 e. The maximum absolute atomic E-state index is 14.1. The molecule has 1 saturated heterocycles. The Morgan fingerprint density at radius 1 is 0.927 bits per heavy atom. The zero-order valence-electron chi connectivity index (χ0n) is 23.4. The van der Waals surface area contributed by atoms with Crippen LogP contribution in [0.5, 0.6) is 0 Å². The van der Waals surface area contributed by atoms with Gasteiger partial charge in [-0.2, -0.15) is 0 Å². The first-order chi connectivity index (χ1) is 19.9. The quantitative estimate of drug-likeness (QED) is 0.182. The highest BCUT2D eigenvalue weighted by Gasteiger charge is 2.31. The summed E-state index contributed by atoms with van der Waals surface area (Å²) >= 11 is 1.64. The Labute approximate surface area is 244 Å². The van der Waals surface area contributed by atoms with Gasteiger partial charge in [0.15, 0.2) is 11.0 Å². The maximum atomic E-state index is 14.1. The first-order valence-electron chi connectivity index (χ1n) is 14.0. The largest absolute Gasteiger partial charge is 0.339 e. The molecular weight excluding hydrogens is 537 g/mol. The number of aryl methyl sites for hydroxylation is 1. The van der Waals surface area contributed by atoms with Crippen LogP contribution in [0.2, 0.25) is 0 Å². The van der Waals surface area contributed by atoms with Gasteiger partial charge < -0.3 is 9.80 Å². The lowest BCUT2D eigenvalue weighted by Crippen LogP contribution is -2.55. The molecule has 1 aliphatic heterocycles. The monoisotopic (exact) mass is 571 g/mol. The standard InChI is InChI=1S/C32H34FN5O2S/c1-23-15-17-26(18-16-23)38-30(25-10-4-3-5-11-25)34-35-32(38)41-21-9-8-14-29(39)36-19-20-37(24(2)22-36)31(40)27-12-6-7-13-28(27)33/h3-7,10-13,15-18,24H,8-9,14,19-22H2,1-2H3. The van der Waals surface area contributed by atoms with E-state index in [0.29, 0.717) is 26.1 Å². The van der Waals surface area contributed by atoms with Gasteiger partial charge in [0, 0.05) is 49.1 Å². The number of halogens is 1. The van der Waals surface area contributed by atoms with Gasteiger partial charge in [-0.15, -0.1) is 10.2 Å². The number of aromatic nitrogens is 3. The van der Waals surface area contributed by atoms with Crippen molar-refractivity contribution in [3.05, 3.63) is 95.8 Å². The third kappa shape index (κ3) is 6.68. The van der Waals surface area contributed by atoms with Crippen LogP contribution in [0.3, 0.4) is 0 Å². The van der Waals surface area contributed by atoms with Gasteiger partial charge in [0.05, 0.1) is 5.56 Å². The van der Waals surface area contributed by atoms with E-state index in [1.165, 1.54) is 17.7 Å². The molecular formula is C32H34FN5O2S.